The SMILES string of the molecule is O=C(O)C1CC2CCCCC2N1Cc1ccc(-c2ccccc2)cc1. The lowest BCUT2D eigenvalue weighted by molar-refractivity contribution is -0.142. The number of carbonyl (C=O) groups is 1. The molecule has 0 aromatic heterocycles. The molecule has 1 saturated carbocycles. The van der Waals surface area contributed by atoms with Crippen LogP contribution in [0.1, 0.15) is 37.7 Å². The Bertz CT molecular complexity index is 725. The van der Waals surface area contributed by atoms with Gasteiger partial charge >= 0.3 is 5.97 Å². The summed E-state index contributed by atoms with van der Waals surface area (Å²) in [5, 5.41) is 9.66. The maximum absolute atomic E-state index is 11.7. The van der Waals surface area contributed by atoms with Gasteiger partial charge < -0.3 is 5.11 Å². The third-order valence-electron chi connectivity index (χ3n) is 5.93. The van der Waals surface area contributed by atoms with Crippen LogP contribution in [0.25, 0.3) is 11.1 Å². The summed E-state index contributed by atoms with van der Waals surface area (Å²) in [5.74, 6) is -0.0891. The fraction of sp³-hybridized carbons (Fsp3) is 0.409. The molecule has 2 fully saturated rings. The molecule has 1 saturated heterocycles. The Labute approximate surface area is 149 Å². The Morgan fingerprint density at radius 1 is 0.960 bits per heavy atom. The molecule has 1 N–H and O–H groups in total. The summed E-state index contributed by atoms with van der Waals surface area (Å²) in [7, 11) is 0. The van der Waals surface area contributed by atoms with Crippen molar-refractivity contribution >= 4 is 5.97 Å². The number of carboxylic acids is 1. The Morgan fingerprint density at radius 3 is 2.36 bits per heavy atom. The van der Waals surface area contributed by atoms with Gasteiger partial charge in [-0.3, -0.25) is 9.69 Å². The topological polar surface area (TPSA) is 40.5 Å². The molecule has 1 heterocycles. The highest BCUT2D eigenvalue weighted by molar-refractivity contribution is 5.74. The number of hydrogen-bond donors (Lipinski definition) is 1. The van der Waals surface area contributed by atoms with Crippen molar-refractivity contribution in [1.82, 2.24) is 4.90 Å². The maximum Gasteiger partial charge on any atom is 0.320 e. The monoisotopic (exact) mass is 335 g/mol. The summed E-state index contributed by atoms with van der Waals surface area (Å²) in [6.07, 6.45) is 5.65. The van der Waals surface area contributed by atoms with E-state index in [4.69, 9.17) is 0 Å². The van der Waals surface area contributed by atoms with E-state index in [2.05, 4.69) is 41.3 Å². The number of fused-ring (bicyclic) bond motifs is 1. The molecule has 0 amide bonds. The molecule has 0 radical (unpaired) electrons. The molecular formula is C22H25NO2. The van der Waals surface area contributed by atoms with Crippen LogP contribution in [0.15, 0.2) is 54.6 Å². The molecule has 2 aliphatic rings. The van der Waals surface area contributed by atoms with Gasteiger partial charge in [0.1, 0.15) is 6.04 Å². The van der Waals surface area contributed by atoms with Crippen LogP contribution in [-0.4, -0.2) is 28.1 Å². The van der Waals surface area contributed by atoms with Gasteiger partial charge in [-0.2, -0.15) is 0 Å². The average molecular weight is 335 g/mol. The van der Waals surface area contributed by atoms with Crippen molar-refractivity contribution in [2.45, 2.75) is 50.7 Å². The molecule has 2 aromatic rings. The largest absolute Gasteiger partial charge is 0.480 e. The maximum atomic E-state index is 11.7. The summed E-state index contributed by atoms with van der Waals surface area (Å²) in [6.45, 7) is 0.743. The van der Waals surface area contributed by atoms with E-state index in [1.807, 2.05) is 18.2 Å². The van der Waals surface area contributed by atoms with Gasteiger partial charge in [0, 0.05) is 12.6 Å². The van der Waals surface area contributed by atoms with Crippen molar-refractivity contribution in [2.75, 3.05) is 0 Å². The van der Waals surface area contributed by atoms with E-state index in [1.165, 1.54) is 36.0 Å². The van der Waals surface area contributed by atoms with E-state index in [9.17, 15) is 9.90 Å². The van der Waals surface area contributed by atoms with Crippen molar-refractivity contribution in [1.29, 1.82) is 0 Å². The molecule has 3 atom stereocenters. The van der Waals surface area contributed by atoms with Crippen molar-refractivity contribution in [3.05, 3.63) is 60.2 Å². The third-order valence-corrected chi connectivity index (χ3v) is 5.93. The van der Waals surface area contributed by atoms with Crippen molar-refractivity contribution < 1.29 is 9.90 Å². The second-order valence-corrected chi connectivity index (χ2v) is 7.44. The van der Waals surface area contributed by atoms with Crippen LogP contribution in [0, 0.1) is 5.92 Å². The number of carboxylic acid groups (broad SMARTS) is 1. The van der Waals surface area contributed by atoms with E-state index >= 15 is 0 Å². The first kappa shape index (κ1) is 16.3. The number of likely N-dealkylation sites (tertiary alicyclic amines) is 1. The minimum atomic E-state index is -0.657. The predicted molar refractivity (Wildman–Crippen MR) is 99.2 cm³/mol. The zero-order valence-electron chi connectivity index (χ0n) is 14.5. The van der Waals surface area contributed by atoms with Crippen molar-refractivity contribution in [3.8, 4) is 11.1 Å². The lowest BCUT2D eigenvalue weighted by Gasteiger charge is -2.33. The Morgan fingerprint density at radius 2 is 1.64 bits per heavy atom. The van der Waals surface area contributed by atoms with Crippen LogP contribution in [-0.2, 0) is 11.3 Å². The van der Waals surface area contributed by atoms with Gasteiger partial charge in [-0.15, -0.1) is 0 Å². The molecule has 2 aromatic carbocycles. The van der Waals surface area contributed by atoms with Crippen LogP contribution in [0.2, 0.25) is 0 Å². The minimum Gasteiger partial charge on any atom is -0.480 e. The molecule has 130 valence electrons. The van der Waals surface area contributed by atoms with Gasteiger partial charge in [-0.05, 0) is 41.9 Å². The molecule has 1 aliphatic carbocycles. The van der Waals surface area contributed by atoms with Gasteiger partial charge in [0.05, 0.1) is 0 Å². The second-order valence-electron chi connectivity index (χ2n) is 7.44. The van der Waals surface area contributed by atoms with Crippen LogP contribution in [0.4, 0.5) is 0 Å². The molecular weight excluding hydrogens is 310 g/mol. The van der Waals surface area contributed by atoms with E-state index in [1.54, 1.807) is 0 Å². The standard InChI is InChI=1S/C22H25NO2/c24-22(25)21-14-19-8-4-5-9-20(19)23(21)15-16-10-12-18(13-11-16)17-6-2-1-3-7-17/h1-3,6-7,10-13,19-21H,4-5,8-9,14-15H2,(H,24,25). The Hall–Kier alpha value is -2.13. The number of aliphatic carboxylic acids is 1. The molecule has 3 heteroatoms. The number of rotatable bonds is 4. The average Bonchev–Trinajstić information content (AvgIpc) is 3.02. The first-order valence-electron chi connectivity index (χ1n) is 9.35. The van der Waals surface area contributed by atoms with Gasteiger partial charge in [0.15, 0.2) is 0 Å². The van der Waals surface area contributed by atoms with Crippen LogP contribution < -0.4 is 0 Å². The summed E-state index contributed by atoms with van der Waals surface area (Å²) in [6, 6.07) is 19.1. The zero-order chi connectivity index (χ0) is 17.2. The van der Waals surface area contributed by atoms with E-state index in [0.717, 1.165) is 19.4 Å². The van der Waals surface area contributed by atoms with Crippen molar-refractivity contribution in [3.63, 3.8) is 0 Å². The number of hydrogen-bond acceptors (Lipinski definition) is 2. The summed E-state index contributed by atoms with van der Waals surface area (Å²) < 4.78 is 0. The number of benzene rings is 2. The fourth-order valence-corrected chi connectivity index (χ4v) is 4.67. The summed E-state index contributed by atoms with van der Waals surface area (Å²) in [4.78, 5) is 14.0. The zero-order valence-corrected chi connectivity index (χ0v) is 14.5. The van der Waals surface area contributed by atoms with Gasteiger partial charge in [0.2, 0.25) is 0 Å². The summed E-state index contributed by atoms with van der Waals surface area (Å²) in [5.41, 5.74) is 3.62. The molecule has 3 nitrogen and oxygen atoms in total. The van der Waals surface area contributed by atoms with E-state index in [-0.39, 0.29) is 6.04 Å². The van der Waals surface area contributed by atoms with E-state index < -0.39 is 5.97 Å². The molecule has 3 unspecified atom stereocenters. The molecule has 0 bridgehead atoms. The minimum absolute atomic E-state index is 0.318. The fourth-order valence-electron chi connectivity index (χ4n) is 4.67. The molecule has 0 spiro atoms. The quantitative estimate of drug-likeness (QED) is 0.889. The normalized spacial score (nSPS) is 26.3. The van der Waals surface area contributed by atoms with Crippen LogP contribution in [0.5, 0.6) is 0 Å². The molecule has 1 aliphatic heterocycles. The van der Waals surface area contributed by atoms with Gasteiger partial charge in [0.25, 0.3) is 0 Å². The Kier molecular flexibility index (Phi) is 4.58. The molecule has 25 heavy (non-hydrogen) atoms. The highest BCUT2D eigenvalue weighted by Gasteiger charge is 2.44. The van der Waals surface area contributed by atoms with Crippen molar-refractivity contribution in [2.24, 2.45) is 5.92 Å². The lowest BCUT2D eigenvalue weighted by atomic mass is 9.84. The lowest BCUT2D eigenvalue weighted by Crippen LogP contribution is -2.41. The van der Waals surface area contributed by atoms with Gasteiger partial charge in [-0.25, -0.2) is 0 Å². The predicted octanol–water partition coefficient (Wildman–Crippen LogP) is 4.57. The van der Waals surface area contributed by atoms with Gasteiger partial charge in [-0.1, -0.05) is 67.4 Å². The Balaban J connectivity index is 1.53. The first-order valence-corrected chi connectivity index (χ1v) is 9.35. The summed E-state index contributed by atoms with van der Waals surface area (Å²) >= 11 is 0. The van der Waals surface area contributed by atoms with Crippen LogP contribution >= 0.6 is 0 Å². The van der Waals surface area contributed by atoms with Crippen LogP contribution in [0.3, 0.4) is 0 Å². The highest BCUT2D eigenvalue weighted by Crippen LogP contribution is 2.40. The smallest absolute Gasteiger partial charge is 0.320 e. The number of nitrogens with zero attached hydrogens (tertiary/aromatic N) is 1. The third kappa shape index (κ3) is 3.34. The first-order chi connectivity index (χ1) is 12.2. The molecule has 4 rings (SSSR count). The van der Waals surface area contributed by atoms with E-state index in [0.29, 0.717) is 12.0 Å². The highest BCUT2D eigenvalue weighted by atomic mass is 16.4. The second kappa shape index (κ2) is 7.01.